The zero-order valence-corrected chi connectivity index (χ0v) is 10.2. The van der Waals surface area contributed by atoms with Crippen LogP contribution in [0.5, 0.6) is 0 Å². The predicted molar refractivity (Wildman–Crippen MR) is 69.2 cm³/mol. The maximum absolute atomic E-state index is 11.4. The van der Waals surface area contributed by atoms with Gasteiger partial charge in [-0.05, 0) is 24.6 Å². The van der Waals surface area contributed by atoms with E-state index < -0.39 is 0 Å². The Morgan fingerprint density at radius 3 is 3.12 bits per heavy atom. The molecular weight excluding hydrogens is 235 g/mol. The smallest absolute Gasteiger partial charge is 0.244 e. The Morgan fingerprint density at radius 1 is 1.59 bits per heavy atom. The summed E-state index contributed by atoms with van der Waals surface area (Å²) in [7, 11) is 5.36. The molecule has 4 nitrogen and oxygen atoms in total. The van der Waals surface area contributed by atoms with Gasteiger partial charge in [-0.3, -0.25) is 4.79 Å². The Hall–Kier alpha value is -1.43. The van der Waals surface area contributed by atoms with Crippen LogP contribution in [0, 0.1) is 0 Å². The van der Waals surface area contributed by atoms with E-state index in [-0.39, 0.29) is 5.91 Å². The lowest BCUT2D eigenvalue weighted by atomic mass is 10.2. The largest absolute Gasteiger partial charge is 0.432 e. The summed E-state index contributed by atoms with van der Waals surface area (Å²) in [5.41, 5.74) is 2.07. The van der Waals surface area contributed by atoms with Crippen LogP contribution in [0.25, 0.3) is 11.1 Å². The molecule has 0 aliphatic carbocycles. The highest BCUT2D eigenvalue weighted by molar-refractivity contribution is 8.19. The normalized spacial score (nSPS) is 10.6. The zero-order chi connectivity index (χ0) is 12.3. The van der Waals surface area contributed by atoms with Gasteiger partial charge >= 0.3 is 0 Å². The summed E-state index contributed by atoms with van der Waals surface area (Å²) in [6.45, 7) is 1.96. The number of oxazole rings is 1. The molecule has 1 aromatic carbocycles. The molecule has 0 aliphatic heterocycles. The van der Waals surface area contributed by atoms with Crippen molar-refractivity contribution in [1.29, 1.82) is 0 Å². The number of nitrogens with one attached hydrogen (secondary N) is 1. The van der Waals surface area contributed by atoms with Crippen molar-refractivity contribution in [3.63, 3.8) is 0 Å². The van der Waals surface area contributed by atoms with Crippen LogP contribution >= 0.6 is 11.6 Å². The molecule has 1 N–H and O–H groups in total. The molecule has 0 atom stereocenters. The van der Waals surface area contributed by atoms with Gasteiger partial charge in [-0.1, -0.05) is 6.92 Å². The van der Waals surface area contributed by atoms with E-state index in [0.29, 0.717) is 22.7 Å². The Bertz CT molecular complexity index is 541. The lowest BCUT2D eigenvalue weighted by molar-refractivity contribution is -0.116. The van der Waals surface area contributed by atoms with E-state index in [1.165, 1.54) is 0 Å². The van der Waals surface area contributed by atoms with Crippen LogP contribution in [0.2, 0.25) is 0 Å². The first-order chi connectivity index (χ1) is 8.22. The topological polar surface area (TPSA) is 55.1 Å². The van der Waals surface area contributed by atoms with Crippen molar-refractivity contribution >= 4 is 41.4 Å². The Morgan fingerprint density at radius 2 is 2.41 bits per heavy atom. The van der Waals surface area contributed by atoms with Gasteiger partial charge in [-0.15, -0.1) is 11.6 Å². The predicted octanol–water partition coefficient (Wildman–Crippen LogP) is 2.74. The molecule has 6 heteroatoms. The minimum Gasteiger partial charge on any atom is -0.432 e. The lowest BCUT2D eigenvalue weighted by Gasteiger charge is -2.02. The number of aromatic nitrogens is 1. The summed E-state index contributed by atoms with van der Waals surface area (Å²) in [6.07, 6.45) is 1.34. The van der Waals surface area contributed by atoms with Gasteiger partial charge in [0.2, 0.25) is 11.1 Å². The summed E-state index contributed by atoms with van der Waals surface area (Å²) in [5.74, 6) is 0.00349. The fourth-order valence-corrected chi connectivity index (χ4v) is 1.77. The number of nitrogens with zero attached hydrogens (tertiary/aromatic N) is 1. The molecule has 0 saturated carbocycles. The molecule has 86 valence electrons. The highest BCUT2D eigenvalue weighted by atomic mass is 32.2. The first-order valence-electron chi connectivity index (χ1n) is 5.30. The van der Waals surface area contributed by atoms with Crippen molar-refractivity contribution in [2.45, 2.75) is 25.0 Å². The molecule has 0 aliphatic rings. The van der Waals surface area contributed by atoms with E-state index in [0.717, 1.165) is 23.7 Å². The van der Waals surface area contributed by atoms with Gasteiger partial charge in [0.15, 0.2) is 12.7 Å². The average Bonchev–Trinajstić information content (AvgIpc) is 2.71. The van der Waals surface area contributed by atoms with Gasteiger partial charge in [-0.2, -0.15) is 0 Å². The molecule has 2 aromatic rings. The van der Waals surface area contributed by atoms with Crippen molar-refractivity contribution < 1.29 is 9.21 Å². The molecule has 1 heterocycles. The number of hydrogen-bond acceptors (Lipinski definition) is 4. The molecule has 2 radical (unpaired) electrons. The van der Waals surface area contributed by atoms with Gasteiger partial charge in [0.1, 0.15) is 5.52 Å². The second-order valence-corrected chi connectivity index (χ2v) is 4.16. The quantitative estimate of drug-likeness (QED) is 0.842. The number of hydrogen-bond donors (Lipinski definition) is 1. The third-order valence-corrected chi connectivity index (χ3v) is 2.61. The van der Waals surface area contributed by atoms with E-state index >= 15 is 0 Å². The van der Waals surface area contributed by atoms with E-state index in [1.807, 2.05) is 6.92 Å². The summed E-state index contributed by atoms with van der Waals surface area (Å²) >= 11 is 0.957. The van der Waals surface area contributed by atoms with Crippen molar-refractivity contribution in [2.75, 3.05) is 5.32 Å². The van der Waals surface area contributed by atoms with Crippen LogP contribution in [-0.2, 0) is 4.79 Å². The summed E-state index contributed by atoms with van der Waals surface area (Å²) in [6, 6.07) is 5.32. The number of fused-ring (bicyclic) bond motifs is 1. The van der Waals surface area contributed by atoms with Gasteiger partial charge in [0.25, 0.3) is 0 Å². The Kier molecular flexibility index (Phi) is 3.73. The second kappa shape index (κ2) is 5.27. The van der Waals surface area contributed by atoms with Crippen molar-refractivity contribution in [1.82, 2.24) is 4.98 Å². The Labute approximate surface area is 104 Å². The van der Waals surface area contributed by atoms with Gasteiger partial charge in [-0.25, -0.2) is 4.98 Å². The highest BCUT2D eigenvalue weighted by Crippen LogP contribution is 2.23. The van der Waals surface area contributed by atoms with Crippen LogP contribution in [0.4, 0.5) is 5.69 Å². The number of carbonyl (C=O) groups excluding carboxylic acids is 1. The lowest BCUT2D eigenvalue weighted by Crippen LogP contribution is -2.10. The number of benzene rings is 1. The second-order valence-electron chi connectivity index (χ2n) is 3.58. The number of amides is 1. The van der Waals surface area contributed by atoms with Crippen molar-refractivity contribution in [3.8, 4) is 0 Å². The SMILES string of the molecule is [B]Sc1nc2cc(NC(=O)CCC)ccc2o1. The summed E-state index contributed by atoms with van der Waals surface area (Å²) in [4.78, 5) is 15.6. The fourth-order valence-electron chi connectivity index (χ4n) is 1.49. The van der Waals surface area contributed by atoms with E-state index in [4.69, 9.17) is 11.5 Å². The highest BCUT2D eigenvalue weighted by Gasteiger charge is 2.06. The monoisotopic (exact) mass is 246 g/mol. The Balaban J connectivity index is 2.21. The summed E-state index contributed by atoms with van der Waals surface area (Å²) < 4.78 is 5.34. The van der Waals surface area contributed by atoms with Crippen LogP contribution in [-0.4, -0.2) is 18.0 Å². The minimum absolute atomic E-state index is 0.00349. The maximum atomic E-state index is 11.4. The van der Waals surface area contributed by atoms with E-state index in [2.05, 4.69) is 10.3 Å². The van der Waals surface area contributed by atoms with Crippen LogP contribution in [0.15, 0.2) is 27.8 Å². The molecule has 0 unspecified atom stereocenters. The van der Waals surface area contributed by atoms with Crippen molar-refractivity contribution in [3.05, 3.63) is 18.2 Å². The zero-order valence-electron chi connectivity index (χ0n) is 9.40. The molecule has 0 bridgehead atoms. The van der Waals surface area contributed by atoms with Crippen molar-refractivity contribution in [2.24, 2.45) is 0 Å². The third kappa shape index (κ3) is 2.82. The van der Waals surface area contributed by atoms with Gasteiger partial charge in [0, 0.05) is 12.1 Å². The molecule has 2 rings (SSSR count). The number of rotatable bonds is 4. The number of carbonyl (C=O) groups is 1. The number of anilines is 1. The molecule has 1 aromatic heterocycles. The maximum Gasteiger partial charge on any atom is 0.244 e. The van der Waals surface area contributed by atoms with E-state index in [9.17, 15) is 4.79 Å². The molecule has 17 heavy (non-hydrogen) atoms. The van der Waals surface area contributed by atoms with Gasteiger partial charge < -0.3 is 9.73 Å². The molecule has 0 saturated heterocycles. The standard InChI is InChI=1S/C11H11BN2O2S/c1-2-3-10(15)13-7-4-5-9-8(6-7)14-11(16-9)17-12/h4-6H,2-3H2,1H3,(H,13,15). The first-order valence-corrected chi connectivity index (χ1v) is 6.18. The van der Waals surface area contributed by atoms with Crippen LogP contribution in [0.1, 0.15) is 19.8 Å². The molecule has 1 amide bonds. The third-order valence-electron chi connectivity index (χ3n) is 2.23. The van der Waals surface area contributed by atoms with E-state index in [1.54, 1.807) is 18.2 Å². The van der Waals surface area contributed by atoms with Gasteiger partial charge in [0.05, 0.1) is 0 Å². The minimum atomic E-state index is 0.00349. The molecule has 0 fully saturated rings. The molecular formula is C11H11BN2O2S. The van der Waals surface area contributed by atoms with Crippen LogP contribution < -0.4 is 5.32 Å². The average molecular weight is 246 g/mol. The summed E-state index contributed by atoms with van der Waals surface area (Å²) in [5, 5.41) is 3.22. The molecule has 0 spiro atoms. The fraction of sp³-hybridized carbons (Fsp3) is 0.273. The van der Waals surface area contributed by atoms with Crippen LogP contribution in [0.3, 0.4) is 0 Å². The first kappa shape index (κ1) is 12.0.